The average Bonchev–Trinajstić information content (AvgIpc) is 3.57. The largest absolute Gasteiger partial charge is 0.299 e. The molecule has 0 aromatic carbocycles. The van der Waals surface area contributed by atoms with Gasteiger partial charge in [-0.25, -0.2) is 0 Å². The summed E-state index contributed by atoms with van der Waals surface area (Å²) in [7, 11) is 0. The van der Waals surface area contributed by atoms with Gasteiger partial charge in [-0.05, 0) is 37.3 Å². The van der Waals surface area contributed by atoms with Gasteiger partial charge in [-0.15, -0.1) is 43.1 Å². The first kappa shape index (κ1) is 21.8. The van der Waals surface area contributed by atoms with E-state index < -0.39 is 0 Å². The highest BCUT2D eigenvalue weighted by molar-refractivity contribution is 7.11. The molecule has 0 saturated heterocycles. The molecule has 0 aliphatic heterocycles. The molecule has 0 bridgehead atoms. The lowest BCUT2D eigenvalue weighted by Crippen LogP contribution is -2.07. The second kappa shape index (κ2) is 10.3. The number of aromatic nitrogens is 7. The SMILES string of the molecule is O=C(Cc1ccccn1)Cc1nnc(CC2CCC(c3nnc(Cc4cnccn4)s3)C2)s1. The molecule has 1 aliphatic carbocycles. The first-order valence-electron chi connectivity index (χ1n) is 11.0. The van der Waals surface area contributed by atoms with Crippen LogP contribution in [0, 0.1) is 5.92 Å². The summed E-state index contributed by atoms with van der Waals surface area (Å²) >= 11 is 3.25. The van der Waals surface area contributed by atoms with Gasteiger partial charge in [0.15, 0.2) is 0 Å². The monoisotopic (exact) mass is 477 g/mol. The molecular formula is C23H23N7OS2. The molecule has 4 aromatic heterocycles. The molecule has 5 rings (SSSR count). The van der Waals surface area contributed by atoms with Gasteiger partial charge < -0.3 is 0 Å². The number of Topliss-reactive ketones (excluding diaryl/α,β-unsaturated/α-hetero) is 1. The number of rotatable bonds is 9. The quantitative estimate of drug-likeness (QED) is 0.360. The minimum atomic E-state index is 0.117. The normalized spacial score (nSPS) is 17.9. The van der Waals surface area contributed by atoms with E-state index in [2.05, 4.69) is 35.3 Å². The molecule has 1 saturated carbocycles. The molecule has 0 N–H and O–H groups in total. The fourth-order valence-corrected chi connectivity index (χ4v) is 6.18. The highest BCUT2D eigenvalue weighted by Crippen LogP contribution is 2.41. The van der Waals surface area contributed by atoms with Gasteiger partial charge in [0.25, 0.3) is 0 Å². The van der Waals surface area contributed by atoms with E-state index in [1.165, 1.54) is 0 Å². The Kier molecular flexibility index (Phi) is 6.82. The molecular weight excluding hydrogens is 454 g/mol. The molecule has 0 radical (unpaired) electrons. The highest BCUT2D eigenvalue weighted by Gasteiger charge is 2.29. The van der Waals surface area contributed by atoms with Crippen LogP contribution in [0.4, 0.5) is 0 Å². The van der Waals surface area contributed by atoms with Gasteiger partial charge in [-0.2, -0.15) is 0 Å². The van der Waals surface area contributed by atoms with Crippen molar-refractivity contribution in [1.29, 1.82) is 0 Å². The Morgan fingerprint density at radius 3 is 2.61 bits per heavy atom. The van der Waals surface area contributed by atoms with Gasteiger partial charge in [0.1, 0.15) is 25.8 Å². The van der Waals surface area contributed by atoms with Crippen molar-refractivity contribution >= 4 is 28.5 Å². The van der Waals surface area contributed by atoms with E-state index in [-0.39, 0.29) is 5.78 Å². The van der Waals surface area contributed by atoms with Crippen LogP contribution in [0.5, 0.6) is 0 Å². The second-order valence-corrected chi connectivity index (χ2v) is 10.5. The number of hydrogen-bond acceptors (Lipinski definition) is 10. The van der Waals surface area contributed by atoms with Crippen LogP contribution >= 0.6 is 22.7 Å². The van der Waals surface area contributed by atoms with Crippen LogP contribution in [-0.4, -0.2) is 41.1 Å². The van der Waals surface area contributed by atoms with Crippen LogP contribution in [0.1, 0.15) is 56.6 Å². The van der Waals surface area contributed by atoms with Crippen molar-refractivity contribution in [3.63, 3.8) is 0 Å². The predicted molar refractivity (Wildman–Crippen MR) is 125 cm³/mol. The van der Waals surface area contributed by atoms with Crippen molar-refractivity contribution in [3.8, 4) is 0 Å². The van der Waals surface area contributed by atoms with Crippen molar-refractivity contribution < 1.29 is 4.79 Å². The van der Waals surface area contributed by atoms with Crippen LogP contribution in [0.15, 0.2) is 43.0 Å². The third-order valence-electron chi connectivity index (χ3n) is 5.75. The second-order valence-electron chi connectivity index (χ2n) is 8.29. The molecule has 168 valence electrons. The molecule has 10 heteroatoms. The zero-order valence-electron chi connectivity index (χ0n) is 18.0. The standard InChI is InChI=1S/C23H23N7OS2/c31-19(11-17-3-1-2-6-25-17)13-22-28-27-20(32-22)10-15-4-5-16(9-15)23-30-29-21(33-23)12-18-14-24-7-8-26-18/h1-3,6-8,14-16H,4-5,9-13H2. The number of ketones is 1. The Labute approximate surface area is 199 Å². The number of pyridine rings is 1. The van der Waals surface area contributed by atoms with Gasteiger partial charge >= 0.3 is 0 Å². The summed E-state index contributed by atoms with van der Waals surface area (Å²) in [6.07, 6.45) is 12.5. The van der Waals surface area contributed by atoms with Crippen LogP contribution in [-0.2, 0) is 30.5 Å². The molecule has 4 aromatic rings. The molecule has 33 heavy (non-hydrogen) atoms. The summed E-state index contributed by atoms with van der Waals surface area (Å²) in [5.41, 5.74) is 1.70. The van der Waals surface area contributed by atoms with Crippen molar-refractivity contribution in [2.75, 3.05) is 0 Å². The molecule has 1 fully saturated rings. The van der Waals surface area contributed by atoms with E-state index in [1.807, 2.05) is 18.2 Å². The van der Waals surface area contributed by atoms with Crippen LogP contribution in [0.3, 0.4) is 0 Å². The number of carbonyl (C=O) groups excluding carboxylic acids is 1. The molecule has 2 atom stereocenters. The van der Waals surface area contributed by atoms with Gasteiger partial charge in [0, 0.05) is 55.7 Å². The van der Waals surface area contributed by atoms with E-state index in [0.717, 1.165) is 57.1 Å². The van der Waals surface area contributed by atoms with Crippen LogP contribution in [0.2, 0.25) is 0 Å². The van der Waals surface area contributed by atoms with Gasteiger partial charge in [0.05, 0.1) is 12.1 Å². The first-order chi connectivity index (χ1) is 16.2. The van der Waals surface area contributed by atoms with Gasteiger partial charge in [-0.3, -0.25) is 19.7 Å². The summed E-state index contributed by atoms with van der Waals surface area (Å²) in [4.78, 5) is 25.0. The van der Waals surface area contributed by atoms with Crippen molar-refractivity contribution in [2.45, 2.75) is 50.9 Å². The molecule has 0 amide bonds. The summed E-state index contributed by atoms with van der Waals surface area (Å²) < 4.78 is 0. The van der Waals surface area contributed by atoms with Gasteiger partial charge in [-0.1, -0.05) is 6.07 Å². The van der Waals surface area contributed by atoms with Crippen LogP contribution in [0.25, 0.3) is 0 Å². The smallest absolute Gasteiger partial charge is 0.145 e. The van der Waals surface area contributed by atoms with Crippen molar-refractivity contribution in [1.82, 2.24) is 35.3 Å². The minimum Gasteiger partial charge on any atom is -0.299 e. The summed E-state index contributed by atoms with van der Waals surface area (Å²) in [6, 6.07) is 5.62. The number of hydrogen-bond donors (Lipinski definition) is 0. The number of carbonyl (C=O) groups is 1. The van der Waals surface area contributed by atoms with Crippen molar-refractivity contribution in [3.05, 3.63) is 74.4 Å². The van der Waals surface area contributed by atoms with Crippen LogP contribution < -0.4 is 0 Å². The zero-order valence-corrected chi connectivity index (χ0v) is 19.6. The van der Waals surface area contributed by atoms with E-state index in [9.17, 15) is 4.79 Å². The minimum absolute atomic E-state index is 0.117. The molecule has 8 nitrogen and oxygen atoms in total. The third kappa shape index (κ3) is 5.88. The van der Waals surface area contributed by atoms with E-state index in [0.29, 0.717) is 31.1 Å². The molecule has 4 heterocycles. The van der Waals surface area contributed by atoms with Gasteiger partial charge in [0.2, 0.25) is 0 Å². The zero-order chi connectivity index (χ0) is 22.5. The lowest BCUT2D eigenvalue weighted by atomic mass is 10.0. The predicted octanol–water partition coefficient (Wildman–Crippen LogP) is 3.65. The first-order valence-corrected chi connectivity index (χ1v) is 12.6. The highest BCUT2D eigenvalue weighted by atomic mass is 32.1. The Bertz CT molecular complexity index is 1200. The third-order valence-corrected chi connectivity index (χ3v) is 7.78. The summed E-state index contributed by atoms with van der Waals surface area (Å²) in [6.45, 7) is 0. The Hall–Kier alpha value is -2.98. The summed E-state index contributed by atoms with van der Waals surface area (Å²) in [5, 5.41) is 21.3. The number of nitrogens with zero attached hydrogens (tertiary/aromatic N) is 7. The van der Waals surface area contributed by atoms with Crippen molar-refractivity contribution in [2.24, 2.45) is 5.92 Å². The molecule has 2 unspecified atom stereocenters. The fraction of sp³-hybridized carbons (Fsp3) is 0.391. The lowest BCUT2D eigenvalue weighted by Gasteiger charge is -2.06. The molecule has 1 aliphatic rings. The maximum absolute atomic E-state index is 12.3. The Balaban J connectivity index is 1.12. The van der Waals surface area contributed by atoms with E-state index >= 15 is 0 Å². The average molecular weight is 478 g/mol. The molecule has 0 spiro atoms. The maximum Gasteiger partial charge on any atom is 0.145 e. The Morgan fingerprint density at radius 2 is 1.76 bits per heavy atom. The lowest BCUT2D eigenvalue weighted by molar-refractivity contribution is -0.117. The topological polar surface area (TPSA) is 107 Å². The summed E-state index contributed by atoms with van der Waals surface area (Å²) in [5.74, 6) is 1.13. The van der Waals surface area contributed by atoms with E-state index in [4.69, 9.17) is 0 Å². The maximum atomic E-state index is 12.3. The Morgan fingerprint density at radius 1 is 0.879 bits per heavy atom. The van der Waals surface area contributed by atoms with E-state index in [1.54, 1.807) is 47.5 Å². The fourth-order valence-electron chi connectivity index (χ4n) is 4.19.